The molecular weight excluding hydrogens is 328 g/mol. The number of methoxy groups -OCH3 is 1. The van der Waals surface area contributed by atoms with E-state index in [4.69, 9.17) is 4.74 Å². The van der Waals surface area contributed by atoms with Crippen LogP contribution >= 0.6 is 0 Å². The van der Waals surface area contributed by atoms with Crippen LogP contribution in [0.2, 0.25) is 0 Å². The molecule has 0 amide bonds. The number of benzene rings is 2. The second-order valence-electron chi connectivity index (χ2n) is 6.91. The van der Waals surface area contributed by atoms with Crippen molar-refractivity contribution in [2.24, 2.45) is 0 Å². The summed E-state index contributed by atoms with van der Waals surface area (Å²) in [6.45, 7) is 3.31. The summed E-state index contributed by atoms with van der Waals surface area (Å²) in [5.41, 5.74) is 4.01. The van der Waals surface area contributed by atoms with E-state index in [0.29, 0.717) is 17.9 Å². The van der Waals surface area contributed by atoms with Crippen LogP contribution in [0, 0.1) is 6.92 Å². The molecule has 2 aromatic rings. The fraction of sp³-hybridized carbons (Fsp3) is 0.381. The van der Waals surface area contributed by atoms with Gasteiger partial charge in [-0.1, -0.05) is 42.0 Å². The minimum atomic E-state index is -0.888. The lowest BCUT2D eigenvalue weighted by Crippen LogP contribution is -2.31. The van der Waals surface area contributed by atoms with Crippen LogP contribution in [0.5, 0.6) is 5.75 Å². The Morgan fingerprint density at radius 2 is 1.69 bits per heavy atom. The molecule has 0 radical (unpaired) electrons. The average molecular weight is 356 g/mol. The van der Waals surface area contributed by atoms with Gasteiger partial charge in [-0.2, -0.15) is 0 Å². The number of aryl methyl sites for hydroxylation is 1. The molecule has 0 saturated carbocycles. The fourth-order valence-corrected chi connectivity index (χ4v) is 3.19. The topological polar surface area (TPSA) is 53.0 Å². The molecule has 26 heavy (non-hydrogen) atoms. The highest BCUT2D eigenvalue weighted by Gasteiger charge is 2.28. The molecule has 0 saturated heterocycles. The third kappa shape index (κ3) is 4.84. The van der Waals surface area contributed by atoms with Crippen LogP contribution in [-0.2, 0) is 17.9 Å². The number of aliphatic carboxylic acids is 1. The van der Waals surface area contributed by atoms with Crippen molar-refractivity contribution in [3.8, 4) is 5.75 Å². The molecule has 0 aliphatic heterocycles. The van der Waals surface area contributed by atoms with E-state index >= 15 is 0 Å². The first-order chi connectivity index (χ1) is 12.3. The Balaban J connectivity index is 2.35. The molecule has 1 atom stereocenters. The molecule has 2 rings (SSSR count). The fourth-order valence-electron chi connectivity index (χ4n) is 3.19. The third-order valence-corrected chi connectivity index (χ3v) is 4.38. The van der Waals surface area contributed by atoms with Crippen LogP contribution in [0.1, 0.15) is 28.3 Å². The number of carboxylic acid groups (broad SMARTS) is 1. The van der Waals surface area contributed by atoms with Gasteiger partial charge in [0.25, 0.3) is 0 Å². The first-order valence-corrected chi connectivity index (χ1v) is 8.62. The van der Waals surface area contributed by atoms with E-state index in [0.717, 1.165) is 17.7 Å². The van der Waals surface area contributed by atoms with Crippen LogP contribution < -0.4 is 4.74 Å². The summed E-state index contributed by atoms with van der Waals surface area (Å²) in [5.74, 6) is -0.294. The van der Waals surface area contributed by atoms with E-state index in [1.54, 1.807) is 7.11 Å². The highest BCUT2D eigenvalue weighted by molar-refractivity contribution is 5.77. The van der Waals surface area contributed by atoms with E-state index in [-0.39, 0.29) is 0 Å². The molecule has 5 nitrogen and oxygen atoms in total. The van der Waals surface area contributed by atoms with Crippen LogP contribution in [0.15, 0.2) is 42.5 Å². The van der Waals surface area contributed by atoms with Gasteiger partial charge in [-0.15, -0.1) is 0 Å². The number of carboxylic acids is 1. The van der Waals surface area contributed by atoms with Gasteiger partial charge < -0.3 is 14.7 Å². The molecule has 5 heteroatoms. The predicted molar refractivity (Wildman–Crippen MR) is 103 cm³/mol. The number of ether oxygens (including phenoxy) is 1. The summed E-state index contributed by atoms with van der Waals surface area (Å²) in [4.78, 5) is 16.0. The van der Waals surface area contributed by atoms with E-state index in [9.17, 15) is 9.90 Å². The number of nitrogens with zero attached hydrogens (tertiary/aromatic N) is 2. The largest absolute Gasteiger partial charge is 0.496 e. The molecule has 0 aromatic heterocycles. The average Bonchev–Trinajstić information content (AvgIpc) is 2.56. The maximum absolute atomic E-state index is 12.1. The van der Waals surface area contributed by atoms with Gasteiger partial charge in [-0.3, -0.25) is 9.69 Å². The Labute approximate surface area is 155 Å². The van der Waals surface area contributed by atoms with Crippen LogP contribution in [0.25, 0.3) is 0 Å². The summed E-state index contributed by atoms with van der Waals surface area (Å²) in [5, 5.41) is 9.90. The van der Waals surface area contributed by atoms with Crippen LogP contribution in [0.3, 0.4) is 0 Å². The summed E-state index contributed by atoms with van der Waals surface area (Å²) in [6, 6.07) is 13.0. The smallest absolute Gasteiger partial charge is 0.325 e. The quantitative estimate of drug-likeness (QED) is 0.786. The van der Waals surface area contributed by atoms with Gasteiger partial charge in [-0.05, 0) is 45.3 Å². The normalized spacial score (nSPS) is 12.4. The molecular formula is C21H28N2O3. The second kappa shape index (κ2) is 8.83. The standard InChI is InChI=1S/C21H28N2O3/c1-15-10-11-19(26-5)18(12-15)20(21(24)25)23(4)14-17-9-7-6-8-16(17)13-22(2)3/h6-12,20H,13-14H2,1-5H3,(H,24,25)/t20-/m1/s1. The molecule has 140 valence electrons. The molecule has 0 bridgehead atoms. The van der Waals surface area contributed by atoms with Crippen LogP contribution in [0.4, 0.5) is 0 Å². The molecule has 0 aliphatic carbocycles. The maximum Gasteiger partial charge on any atom is 0.325 e. The van der Waals surface area contributed by atoms with E-state index in [2.05, 4.69) is 17.0 Å². The third-order valence-electron chi connectivity index (χ3n) is 4.38. The molecule has 0 unspecified atom stereocenters. The zero-order chi connectivity index (χ0) is 19.3. The lowest BCUT2D eigenvalue weighted by atomic mass is 10.0. The Morgan fingerprint density at radius 1 is 1.08 bits per heavy atom. The monoisotopic (exact) mass is 356 g/mol. The molecule has 0 aliphatic rings. The number of likely N-dealkylation sites (N-methyl/N-ethyl adjacent to an activating group) is 1. The van der Waals surface area contributed by atoms with Gasteiger partial charge in [0.2, 0.25) is 0 Å². The number of carbonyl (C=O) groups is 1. The highest BCUT2D eigenvalue weighted by Crippen LogP contribution is 2.31. The van der Waals surface area contributed by atoms with Crippen molar-refractivity contribution in [2.45, 2.75) is 26.1 Å². The number of hydrogen-bond donors (Lipinski definition) is 1. The summed E-state index contributed by atoms with van der Waals surface area (Å²) in [7, 11) is 7.46. The van der Waals surface area contributed by atoms with Gasteiger partial charge in [0.1, 0.15) is 11.8 Å². The first-order valence-electron chi connectivity index (χ1n) is 8.62. The molecule has 2 aromatic carbocycles. The minimum absolute atomic E-state index is 0.540. The van der Waals surface area contributed by atoms with Crippen LogP contribution in [-0.4, -0.2) is 49.1 Å². The number of rotatable bonds is 8. The predicted octanol–water partition coefficient (Wildman–Crippen LogP) is 3.32. The molecule has 0 heterocycles. The Kier molecular flexibility index (Phi) is 6.77. The van der Waals surface area contributed by atoms with Gasteiger partial charge in [0.05, 0.1) is 7.11 Å². The zero-order valence-corrected chi connectivity index (χ0v) is 16.2. The van der Waals surface area contributed by atoms with Crippen molar-refractivity contribution in [1.29, 1.82) is 0 Å². The lowest BCUT2D eigenvalue weighted by Gasteiger charge is -2.27. The Bertz CT molecular complexity index is 759. The van der Waals surface area contributed by atoms with Crippen molar-refractivity contribution in [1.82, 2.24) is 9.80 Å². The van der Waals surface area contributed by atoms with Crippen molar-refractivity contribution in [3.63, 3.8) is 0 Å². The molecule has 0 fully saturated rings. The van der Waals surface area contributed by atoms with E-state index in [1.807, 2.05) is 63.3 Å². The second-order valence-corrected chi connectivity index (χ2v) is 6.91. The van der Waals surface area contributed by atoms with Crippen molar-refractivity contribution >= 4 is 5.97 Å². The Morgan fingerprint density at radius 3 is 2.23 bits per heavy atom. The van der Waals surface area contributed by atoms with Gasteiger partial charge in [0.15, 0.2) is 0 Å². The minimum Gasteiger partial charge on any atom is -0.496 e. The van der Waals surface area contributed by atoms with Crippen molar-refractivity contribution in [3.05, 3.63) is 64.7 Å². The maximum atomic E-state index is 12.1. The summed E-state index contributed by atoms with van der Waals surface area (Å²) < 4.78 is 5.41. The van der Waals surface area contributed by atoms with Crippen molar-refractivity contribution < 1.29 is 14.6 Å². The zero-order valence-electron chi connectivity index (χ0n) is 16.2. The van der Waals surface area contributed by atoms with Gasteiger partial charge in [-0.25, -0.2) is 0 Å². The van der Waals surface area contributed by atoms with E-state index in [1.165, 1.54) is 5.56 Å². The van der Waals surface area contributed by atoms with Gasteiger partial charge in [0, 0.05) is 18.7 Å². The highest BCUT2D eigenvalue weighted by atomic mass is 16.5. The van der Waals surface area contributed by atoms with Crippen molar-refractivity contribution in [2.75, 3.05) is 28.3 Å². The first kappa shape index (κ1) is 19.9. The number of hydrogen-bond acceptors (Lipinski definition) is 4. The Hall–Kier alpha value is -2.37. The van der Waals surface area contributed by atoms with E-state index < -0.39 is 12.0 Å². The van der Waals surface area contributed by atoms with Gasteiger partial charge >= 0.3 is 5.97 Å². The summed E-state index contributed by atoms with van der Waals surface area (Å²) in [6.07, 6.45) is 0. The molecule has 0 spiro atoms. The summed E-state index contributed by atoms with van der Waals surface area (Å²) >= 11 is 0. The molecule has 1 N–H and O–H groups in total. The lowest BCUT2D eigenvalue weighted by molar-refractivity contribution is -0.143. The SMILES string of the molecule is COc1ccc(C)cc1[C@H](C(=O)O)N(C)Cc1ccccc1CN(C)C.